The van der Waals surface area contributed by atoms with Gasteiger partial charge in [0, 0.05) is 5.56 Å². The van der Waals surface area contributed by atoms with Crippen molar-refractivity contribution in [3.8, 4) is 0 Å². The maximum atomic E-state index is 13.0. The highest BCUT2D eigenvalue weighted by Crippen LogP contribution is 2.77. The lowest BCUT2D eigenvalue weighted by Crippen LogP contribution is -2.65. The number of fused-ring (bicyclic) bond motifs is 7. The van der Waals surface area contributed by atoms with Gasteiger partial charge in [0.15, 0.2) is 0 Å². The highest BCUT2D eigenvalue weighted by molar-refractivity contribution is 7.90. The zero-order chi connectivity index (χ0) is 34.5. The zero-order valence-electron chi connectivity index (χ0n) is 29.9. The van der Waals surface area contributed by atoms with Gasteiger partial charge < -0.3 is 5.11 Å². The average Bonchev–Trinajstić information content (AvgIpc) is 3.39. The van der Waals surface area contributed by atoms with Crippen LogP contribution in [0.25, 0.3) is 5.57 Å². The van der Waals surface area contributed by atoms with Gasteiger partial charge in [0.1, 0.15) is 0 Å². The minimum absolute atomic E-state index is 0.0850. The van der Waals surface area contributed by atoms with Gasteiger partial charge >= 0.3 is 5.97 Å². The Morgan fingerprint density at radius 1 is 0.894 bits per heavy atom. The van der Waals surface area contributed by atoms with Gasteiger partial charge in [-0.25, -0.2) is 13.1 Å². The molecular formula is C40H57NO5S. The van der Waals surface area contributed by atoms with E-state index in [0.29, 0.717) is 29.2 Å². The minimum Gasteiger partial charge on any atom is -0.481 e. The first kappa shape index (κ1) is 34.5. The van der Waals surface area contributed by atoms with Gasteiger partial charge in [-0.05, 0) is 153 Å². The summed E-state index contributed by atoms with van der Waals surface area (Å²) in [6, 6.07) is 7.44. The van der Waals surface area contributed by atoms with Crippen molar-refractivity contribution in [1.29, 1.82) is 0 Å². The number of benzene rings is 1. The van der Waals surface area contributed by atoms with Gasteiger partial charge in [-0.15, -0.1) is 0 Å². The molecule has 4 fully saturated rings. The smallest absolute Gasteiger partial charge is 0.309 e. The van der Waals surface area contributed by atoms with Crippen LogP contribution in [0.5, 0.6) is 0 Å². The van der Waals surface area contributed by atoms with Crippen LogP contribution in [0.15, 0.2) is 42.5 Å². The summed E-state index contributed by atoms with van der Waals surface area (Å²) in [5.41, 5.74) is 3.60. The summed E-state index contributed by atoms with van der Waals surface area (Å²) in [5, 5.41) is 9.98. The van der Waals surface area contributed by atoms with E-state index in [4.69, 9.17) is 0 Å². The number of carboxylic acid groups (broad SMARTS) is 1. The van der Waals surface area contributed by atoms with Crippen LogP contribution in [0.1, 0.15) is 129 Å². The molecule has 0 heterocycles. The third-order valence-corrected chi connectivity index (χ3v) is 17.1. The molecule has 9 unspecified atom stereocenters. The number of allylic oxidation sites excluding steroid dienone is 3. The van der Waals surface area contributed by atoms with Gasteiger partial charge in [0.2, 0.25) is 10.0 Å². The SMILES string of the molecule is C=C(C)C1CCC2(C(=O)O)CCC3(C)C(CCC4C5(C)CC=C(c6ccc(C(=O)NS(=O)(=O)C(C)C)cc6)C(C)(C)C5CCC43C)C12. The summed E-state index contributed by atoms with van der Waals surface area (Å²) in [6.45, 7) is 22.1. The predicted octanol–water partition coefficient (Wildman–Crippen LogP) is 8.89. The Hall–Kier alpha value is -2.41. The molecule has 1 aromatic rings. The van der Waals surface area contributed by atoms with Crippen LogP contribution in [0.3, 0.4) is 0 Å². The Morgan fingerprint density at radius 3 is 2.15 bits per heavy atom. The highest BCUT2D eigenvalue weighted by atomic mass is 32.2. The highest BCUT2D eigenvalue weighted by Gasteiger charge is 2.71. The van der Waals surface area contributed by atoms with Gasteiger partial charge in [-0.3, -0.25) is 9.59 Å². The van der Waals surface area contributed by atoms with Crippen molar-refractivity contribution in [3.05, 3.63) is 53.6 Å². The number of carboxylic acids is 1. The molecule has 7 heteroatoms. The van der Waals surface area contributed by atoms with E-state index in [2.05, 4.69) is 58.9 Å². The van der Waals surface area contributed by atoms with Crippen LogP contribution in [-0.2, 0) is 14.8 Å². The lowest BCUT2D eigenvalue weighted by atomic mass is 9.32. The second kappa shape index (κ2) is 11.1. The van der Waals surface area contributed by atoms with Crippen LogP contribution in [0, 0.1) is 56.7 Å². The molecular weight excluding hydrogens is 607 g/mol. The largest absolute Gasteiger partial charge is 0.481 e. The molecule has 0 spiro atoms. The van der Waals surface area contributed by atoms with Crippen molar-refractivity contribution in [2.45, 2.75) is 118 Å². The number of sulfonamides is 1. The summed E-state index contributed by atoms with van der Waals surface area (Å²) in [6.07, 6.45) is 11.6. The summed E-state index contributed by atoms with van der Waals surface area (Å²) in [4.78, 5) is 25.7. The number of hydrogen-bond donors (Lipinski definition) is 2. The fraction of sp³-hybridized carbons (Fsp3) is 0.700. The first-order chi connectivity index (χ1) is 21.8. The van der Waals surface area contributed by atoms with E-state index in [1.807, 2.05) is 12.1 Å². The molecule has 0 bridgehead atoms. The van der Waals surface area contributed by atoms with Crippen LogP contribution in [0.4, 0.5) is 0 Å². The molecule has 0 aliphatic heterocycles. The maximum absolute atomic E-state index is 13.0. The van der Waals surface area contributed by atoms with Gasteiger partial charge in [0.05, 0.1) is 10.7 Å². The van der Waals surface area contributed by atoms with Crippen molar-refractivity contribution in [3.63, 3.8) is 0 Å². The van der Waals surface area contributed by atoms with Gasteiger partial charge in [0.25, 0.3) is 5.91 Å². The molecule has 6 rings (SSSR count). The molecule has 1 aromatic carbocycles. The van der Waals surface area contributed by atoms with E-state index in [0.717, 1.165) is 63.4 Å². The van der Waals surface area contributed by atoms with Crippen LogP contribution < -0.4 is 4.72 Å². The van der Waals surface area contributed by atoms with Crippen molar-refractivity contribution in [2.24, 2.45) is 56.7 Å². The van der Waals surface area contributed by atoms with E-state index in [1.54, 1.807) is 26.0 Å². The molecule has 47 heavy (non-hydrogen) atoms. The Bertz CT molecular complexity index is 1620. The van der Waals surface area contributed by atoms with E-state index < -0.39 is 32.6 Å². The van der Waals surface area contributed by atoms with Crippen molar-refractivity contribution >= 4 is 27.5 Å². The number of aliphatic carboxylic acids is 1. The Morgan fingerprint density at radius 2 is 1.55 bits per heavy atom. The number of carbonyl (C=O) groups excluding carboxylic acids is 1. The quantitative estimate of drug-likeness (QED) is 0.296. The summed E-state index contributed by atoms with van der Waals surface area (Å²) >= 11 is 0. The molecule has 5 aliphatic rings. The number of nitrogens with one attached hydrogen (secondary N) is 1. The topological polar surface area (TPSA) is 101 Å². The Kier molecular flexibility index (Phi) is 8.10. The second-order valence-corrected chi connectivity index (χ2v) is 20.0. The number of carbonyl (C=O) groups is 2. The van der Waals surface area contributed by atoms with Crippen molar-refractivity contribution < 1.29 is 23.1 Å². The monoisotopic (exact) mass is 663 g/mol. The summed E-state index contributed by atoms with van der Waals surface area (Å²) in [7, 11) is -3.70. The molecule has 5 aliphatic carbocycles. The number of amides is 1. The lowest BCUT2D eigenvalue weighted by molar-refractivity contribution is -0.227. The van der Waals surface area contributed by atoms with Gasteiger partial charge in [-0.2, -0.15) is 0 Å². The van der Waals surface area contributed by atoms with Crippen LogP contribution in [0.2, 0.25) is 0 Å². The third kappa shape index (κ3) is 4.78. The maximum Gasteiger partial charge on any atom is 0.309 e. The average molecular weight is 664 g/mol. The van der Waals surface area contributed by atoms with Gasteiger partial charge in [-0.1, -0.05) is 65.0 Å². The standard InChI is InChI=1S/C40H57NO5S/c1-24(2)28-16-21-40(35(43)44)23-22-38(8)30(33(28)40)14-15-32-37(7)19-17-29(36(5,6)31(37)18-20-39(32,38)9)26-10-12-27(13-11-26)34(42)41-47(45,46)25(3)4/h10-13,17,25,28,30-33H,1,14-16,18-23H2,2-9H3,(H,41,42)(H,43,44). The molecule has 2 N–H and O–H groups in total. The summed E-state index contributed by atoms with van der Waals surface area (Å²) in [5.74, 6) is 0.778. The first-order valence-electron chi connectivity index (χ1n) is 18.0. The van der Waals surface area contributed by atoms with E-state index in [-0.39, 0.29) is 27.6 Å². The fourth-order valence-electron chi connectivity index (χ4n) is 12.7. The van der Waals surface area contributed by atoms with Crippen molar-refractivity contribution in [1.82, 2.24) is 4.72 Å². The Labute approximate surface area is 283 Å². The third-order valence-electron chi connectivity index (χ3n) is 15.4. The lowest BCUT2D eigenvalue weighted by Gasteiger charge is -2.72. The minimum atomic E-state index is -3.70. The fourth-order valence-corrected chi connectivity index (χ4v) is 13.3. The van der Waals surface area contributed by atoms with E-state index in [1.165, 1.54) is 11.1 Å². The van der Waals surface area contributed by atoms with E-state index >= 15 is 0 Å². The normalized spacial score (nSPS) is 40.7. The first-order valence-corrected chi connectivity index (χ1v) is 19.6. The van der Waals surface area contributed by atoms with E-state index in [9.17, 15) is 23.1 Å². The molecule has 4 saturated carbocycles. The molecule has 9 atom stereocenters. The number of hydrogen-bond acceptors (Lipinski definition) is 4. The molecule has 6 nitrogen and oxygen atoms in total. The zero-order valence-corrected chi connectivity index (χ0v) is 30.7. The van der Waals surface area contributed by atoms with Crippen LogP contribution in [-0.4, -0.2) is 30.7 Å². The molecule has 258 valence electrons. The van der Waals surface area contributed by atoms with Crippen molar-refractivity contribution in [2.75, 3.05) is 0 Å². The predicted molar refractivity (Wildman–Crippen MR) is 188 cm³/mol. The molecule has 0 radical (unpaired) electrons. The molecule has 0 aromatic heterocycles. The summed E-state index contributed by atoms with van der Waals surface area (Å²) < 4.78 is 26.7. The Balaban J connectivity index is 1.30. The second-order valence-electron chi connectivity index (χ2n) is 17.8. The molecule has 0 saturated heterocycles. The number of rotatable bonds is 6. The molecule has 1 amide bonds. The van der Waals surface area contributed by atoms with Crippen LogP contribution >= 0.6 is 0 Å².